The van der Waals surface area contributed by atoms with Crippen LogP contribution in [0, 0.1) is 6.92 Å². The average Bonchev–Trinajstić information content (AvgIpc) is 1.95. The maximum atomic E-state index is 7.34. The fourth-order valence-electron chi connectivity index (χ4n) is 0.763. The van der Waals surface area contributed by atoms with Gasteiger partial charge in [-0.2, -0.15) is 0 Å². The molecule has 0 saturated carbocycles. The summed E-state index contributed by atoms with van der Waals surface area (Å²) in [5, 5.41) is 0. The third-order valence-corrected chi connectivity index (χ3v) is 1.43. The lowest BCUT2D eigenvalue weighted by Crippen LogP contribution is -1.83. The molecule has 0 aliphatic rings. The highest BCUT2D eigenvalue weighted by Gasteiger charge is 1.94. The summed E-state index contributed by atoms with van der Waals surface area (Å²) in [5.41, 5.74) is 8.84. The number of hydrogen-bond donors (Lipinski definition) is 0. The molecule has 53 valence electrons. The highest BCUT2D eigenvalue weighted by Crippen LogP contribution is 2.18. The minimum atomic E-state index is 0.556. The number of aryl methyl sites for hydroxylation is 1. The van der Waals surface area contributed by atoms with Gasteiger partial charge in [-0.15, -0.1) is 0 Å². The second kappa shape index (κ2) is 2.60. The van der Waals surface area contributed by atoms with E-state index in [4.69, 9.17) is 10.5 Å². The minimum Gasteiger partial charge on any atom is -0.497 e. The first kappa shape index (κ1) is 6.93. The zero-order valence-electron chi connectivity index (χ0n) is 6.14. The van der Waals surface area contributed by atoms with Crippen molar-refractivity contribution in [2.75, 3.05) is 7.11 Å². The number of rotatable bonds is 1. The fraction of sp³-hybridized carbons (Fsp3) is 0.250. The molecule has 1 radical (unpaired) electrons. The summed E-state index contributed by atoms with van der Waals surface area (Å²) in [5.74, 6) is 0.813. The molecule has 0 atom stereocenters. The third kappa shape index (κ3) is 1.21. The van der Waals surface area contributed by atoms with Crippen LogP contribution < -0.4 is 10.5 Å². The average molecular weight is 136 g/mol. The first-order chi connectivity index (χ1) is 4.74. The van der Waals surface area contributed by atoms with Gasteiger partial charge in [-0.25, -0.2) is 0 Å². The molecule has 0 saturated heterocycles. The van der Waals surface area contributed by atoms with E-state index in [2.05, 4.69) is 0 Å². The highest BCUT2D eigenvalue weighted by molar-refractivity contribution is 5.46. The molecule has 10 heavy (non-hydrogen) atoms. The molecule has 1 aromatic carbocycles. The topological polar surface area (TPSA) is 33.0 Å². The van der Waals surface area contributed by atoms with Gasteiger partial charge in [0.15, 0.2) is 0 Å². The summed E-state index contributed by atoms with van der Waals surface area (Å²) in [6.07, 6.45) is 0. The molecule has 1 N–H and O–H groups in total. The van der Waals surface area contributed by atoms with Crippen molar-refractivity contribution in [3.63, 3.8) is 0 Å². The van der Waals surface area contributed by atoms with Crippen LogP contribution in [-0.2, 0) is 0 Å². The molecule has 0 bridgehead atoms. The number of benzene rings is 1. The lowest BCUT2D eigenvalue weighted by atomic mass is 10.2. The van der Waals surface area contributed by atoms with E-state index in [9.17, 15) is 0 Å². The predicted octanol–water partition coefficient (Wildman–Crippen LogP) is 1.92. The molecule has 1 rings (SSSR count). The van der Waals surface area contributed by atoms with E-state index in [1.165, 1.54) is 0 Å². The van der Waals surface area contributed by atoms with Gasteiger partial charge < -0.3 is 10.5 Å². The second-order valence-electron chi connectivity index (χ2n) is 2.18. The Kier molecular flexibility index (Phi) is 1.81. The Bertz CT molecular complexity index is 233. The molecule has 0 aliphatic carbocycles. The molecule has 0 amide bonds. The fourth-order valence-corrected chi connectivity index (χ4v) is 0.763. The van der Waals surface area contributed by atoms with Crippen molar-refractivity contribution < 1.29 is 4.74 Å². The quantitative estimate of drug-likeness (QED) is 0.580. The van der Waals surface area contributed by atoms with E-state index in [0.29, 0.717) is 5.69 Å². The van der Waals surface area contributed by atoms with Gasteiger partial charge >= 0.3 is 0 Å². The van der Waals surface area contributed by atoms with E-state index in [1.807, 2.05) is 13.0 Å². The Hall–Kier alpha value is -1.18. The van der Waals surface area contributed by atoms with Crippen molar-refractivity contribution in [2.45, 2.75) is 6.92 Å². The van der Waals surface area contributed by atoms with Crippen molar-refractivity contribution in [3.8, 4) is 5.75 Å². The van der Waals surface area contributed by atoms with Gasteiger partial charge in [-0.3, -0.25) is 0 Å². The predicted molar refractivity (Wildman–Crippen MR) is 40.5 cm³/mol. The molecular formula is C8H10NO. The number of ether oxygens (including phenoxy) is 1. The summed E-state index contributed by atoms with van der Waals surface area (Å²) >= 11 is 0. The zero-order valence-corrected chi connectivity index (χ0v) is 6.14. The van der Waals surface area contributed by atoms with Crippen molar-refractivity contribution in [1.29, 1.82) is 0 Å². The summed E-state index contributed by atoms with van der Waals surface area (Å²) < 4.78 is 4.97. The molecule has 0 unspecified atom stereocenters. The Morgan fingerprint density at radius 1 is 1.40 bits per heavy atom. The van der Waals surface area contributed by atoms with Crippen LogP contribution in [0.5, 0.6) is 5.75 Å². The molecule has 2 nitrogen and oxygen atoms in total. The molecule has 0 heterocycles. The van der Waals surface area contributed by atoms with E-state index in [0.717, 1.165) is 11.3 Å². The van der Waals surface area contributed by atoms with Crippen LogP contribution in [0.2, 0.25) is 0 Å². The van der Waals surface area contributed by atoms with Crippen LogP contribution in [-0.4, -0.2) is 7.11 Å². The largest absolute Gasteiger partial charge is 0.497 e. The first-order valence-electron chi connectivity index (χ1n) is 3.10. The van der Waals surface area contributed by atoms with Crippen LogP contribution in [0.3, 0.4) is 0 Å². The molecule has 2 heteroatoms. The lowest BCUT2D eigenvalue weighted by Gasteiger charge is -2.01. The zero-order chi connectivity index (χ0) is 7.56. The molecule has 0 spiro atoms. The number of nitrogens with one attached hydrogen (secondary N) is 1. The Labute approximate surface area is 60.6 Å². The molecule has 0 aromatic heterocycles. The monoisotopic (exact) mass is 136 g/mol. The lowest BCUT2D eigenvalue weighted by molar-refractivity contribution is 0.414. The molecule has 0 aliphatic heterocycles. The van der Waals surface area contributed by atoms with Crippen molar-refractivity contribution in [1.82, 2.24) is 5.73 Å². The Morgan fingerprint density at radius 2 is 2.10 bits per heavy atom. The number of hydrogen-bond acceptors (Lipinski definition) is 1. The van der Waals surface area contributed by atoms with E-state index in [-0.39, 0.29) is 0 Å². The standard InChI is InChI=1S/C8H10NO/c1-6-5-7(10-2)3-4-8(6)9/h3-5,9H,1-2H3. The Balaban J connectivity index is 3.04. The van der Waals surface area contributed by atoms with Gasteiger partial charge in [-0.05, 0) is 30.7 Å². The van der Waals surface area contributed by atoms with Crippen LogP contribution in [0.1, 0.15) is 5.56 Å². The second-order valence-corrected chi connectivity index (χ2v) is 2.18. The molecular weight excluding hydrogens is 126 g/mol. The van der Waals surface area contributed by atoms with Gasteiger partial charge in [-0.1, -0.05) is 0 Å². The maximum absolute atomic E-state index is 7.34. The molecule has 0 fully saturated rings. The van der Waals surface area contributed by atoms with Crippen LogP contribution in [0.15, 0.2) is 18.2 Å². The maximum Gasteiger partial charge on any atom is 0.119 e. The first-order valence-corrected chi connectivity index (χ1v) is 3.10. The summed E-state index contributed by atoms with van der Waals surface area (Å²) in [6, 6.07) is 5.37. The SMILES string of the molecule is COc1ccc([NH])c(C)c1. The van der Waals surface area contributed by atoms with E-state index >= 15 is 0 Å². The number of methoxy groups -OCH3 is 1. The van der Waals surface area contributed by atoms with E-state index in [1.54, 1.807) is 19.2 Å². The van der Waals surface area contributed by atoms with Gasteiger partial charge in [0.05, 0.1) is 12.8 Å². The Morgan fingerprint density at radius 3 is 2.60 bits per heavy atom. The normalized spacial score (nSPS) is 9.40. The van der Waals surface area contributed by atoms with Gasteiger partial charge in [0.25, 0.3) is 0 Å². The van der Waals surface area contributed by atoms with Crippen LogP contribution in [0.25, 0.3) is 0 Å². The van der Waals surface area contributed by atoms with Crippen molar-refractivity contribution in [3.05, 3.63) is 23.8 Å². The van der Waals surface area contributed by atoms with E-state index < -0.39 is 0 Å². The summed E-state index contributed by atoms with van der Waals surface area (Å²) in [7, 11) is 1.62. The van der Waals surface area contributed by atoms with Crippen molar-refractivity contribution in [2.24, 2.45) is 0 Å². The van der Waals surface area contributed by atoms with Gasteiger partial charge in [0.1, 0.15) is 5.75 Å². The highest BCUT2D eigenvalue weighted by atomic mass is 16.5. The molecule has 1 aromatic rings. The van der Waals surface area contributed by atoms with Crippen LogP contribution in [0.4, 0.5) is 5.69 Å². The third-order valence-electron chi connectivity index (χ3n) is 1.43. The van der Waals surface area contributed by atoms with Crippen molar-refractivity contribution >= 4 is 5.69 Å². The minimum absolute atomic E-state index is 0.556. The smallest absolute Gasteiger partial charge is 0.119 e. The summed E-state index contributed by atoms with van der Waals surface area (Å²) in [6.45, 7) is 1.89. The van der Waals surface area contributed by atoms with Crippen LogP contribution >= 0.6 is 0 Å². The van der Waals surface area contributed by atoms with Gasteiger partial charge in [0.2, 0.25) is 0 Å². The summed E-state index contributed by atoms with van der Waals surface area (Å²) in [4.78, 5) is 0. The van der Waals surface area contributed by atoms with Gasteiger partial charge in [0, 0.05) is 0 Å².